The average molecular weight is 372 g/mol. The number of rotatable bonds is 6. The van der Waals surface area contributed by atoms with Crippen molar-refractivity contribution in [1.29, 1.82) is 0 Å². The molecular formula is C21H16N4O3. The minimum atomic E-state index is -0.624. The minimum Gasteiger partial charge on any atom is -0.411 e. The molecule has 7 heteroatoms. The summed E-state index contributed by atoms with van der Waals surface area (Å²) in [6, 6.07) is 27.9. The Balaban J connectivity index is 1.87. The highest BCUT2D eigenvalue weighted by molar-refractivity contribution is 5.35. The monoisotopic (exact) mass is 372 g/mol. The lowest BCUT2D eigenvalue weighted by Gasteiger charge is -2.17. The molecule has 4 aromatic rings. The SMILES string of the molecule is O=[N+]([O-])c1nc(Oc2ccccc2)n(C(c2ccccc2)c2ccccc2)n1. The van der Waals surface area contributed by atoms with Gasteiger partial charge in [-0.25, -0.2) is 0 Å². The summed E-state index contributed by atoms with van der Waals surface area (Å²) in [6.07, 6.45) is 0. The summed E-state index contributed by atoms with van der Waals surface area (Å²) in [5.74, 6) is 0.00807. The van der Waals surface area contributed by atoms with Crippen molar-refractivity contribution in [2.75, 3.05) is 0 Å². The second kappa shape index (κ2) is 7.71. The molecule has 0 bridgehead atoms. The van der Waals surface area contributed by atoms with Gasteiger partial charge in [-0.05, 0) is 33.2 Å². The van der Waals surface area contributed by atoms with Gasteiger partial charge in [0.2, 0.25) is 0 Å². The van der Waals surface area contributed by atoms with Gasteiger partial charge in [-0.2, -0.15) is 0 Å². The highest BCUT2D eigenvalue weighted by Crippen LogP contribution is 2.32. The van der Waals surface area contributed by atoms with Crippen LogP contribution in [0.25, 0.3) is 0 Å². The van der Waals surface area contributed by atoms with E-state index in [1.54, 1.807) is 12.1 Å². The van der Waals surface area contributed by atoms with Crippen molar-refractivity contribution in [3.05, 3.63) is 112 Å². The zero-order valence-corrected chi connectivity index (χ0v) is 14.8. The summed E-state index contributed by atoms with van der Waals surface area (Å²) < 4.78 is 7.30. The number of nitro groups is 1. The van der Waals surface area contributed by atoms with Gasteiger partial charge in [0.1, 0.15) is 11.8 Å². The lowest BCUT2D eigenvalue weighted by Crippen LogP contribution is -2.15. The predicted octanol–water partition coefficient (Wildman–Crippen LogP) is 4.62. The Morgan fingerprint density at radius 1 is 0.821 bits per heavy atom. The summed E-state index contributed by atoms with van der Waals surface area (Å²) in [4.78, 5) is 14.7. The molecule has 1 heterocycles. The van der Waals surface area contributed by atoms with Gasteiger partial charge in [0.15, 0.2) is 0 Å². The van der Waals surface area contributed by atoms with Crippen molar-refractivity contribution in [2.45, 2.75) is 6.04 Å². The van der Waals surface area contributed by atoms with E-state index in [1.165, 1.54) is 4.68 Å². The predicted molar refractivity (Wildman–Crippen MR) is 103 cm³/mol. The molecule has 0 saturated carbocycles. The Bertz CT molecular complexity index is 1030. The lowest BCUT2D eigenvalue weighted by molar-refractivity contribution is -0.394. The fourth-order valence-electron chi connectivity index (χ4n) is 2.95. The van der Waals surface area contributed by atoms with E-state index in [-0.39, 0.29) is 6.01 Å². The number of hydrogen-bond acceptors (Lipinski definition) is 5. The number of hydrogen-bond donors (Lipinski definition) is 0. The van der Waals surface area contributed by atoms with Gasteiger partial charge in [-0.15, -0.1) is 4.68 Å². The third kappa shape index (κ3) is 3.59. The van der Waals surface area contributed by atoms with Crippen LogP contribution in [0.15, 0.2) is 91.0 Å². The molecule has 0 radical (unpaired) electrons. The Labute approximate surface area is 161 Å². The van der Waals surface area contributed by atoms with Gasteiger partial charge >= 0.3 is 12.0 Å². The largest absolute Gasteiger partial charge is 0.494 e. The van der Waals surface area contributed by atoms with E-state index < -0.39 is 16.9 Å². The number of para-hydroxylation sites is 1. The Hall–Kier alpha value is -4.00. The molecule has 0 aliphatic heterocycles. The van der Waals surface area contributed by atoms with Crippen LogP contribution in [0.4, 0.5) is 5.95 Å². The molecule has 7 nitrogen and oxygen atoms in total. The van der Waals surface area contributed by atoms with Crippen LogP contribution in [0.5, 0.6) is 11.8 Å². The van der Waals surface area contributed by atoms with Crippen molar-refractivity contribution in [2.24, 2.45) is 0 Å². The highest BCUT2D eigenvalue weighted by Gasteiger charge is 2.31. The molecule has 0 fully saturated rings. The van der Waals surface area contributed by atoms with E-state index in [1.807, 2.05) is 78.9 Å². The summed E-state index contributed by atoms with van der Waals surface area (Å²) in [7, 11) is 0. The third-order valence-corrected chi connectivity index (χ3v) is 4.18. The van der Waals surface area contributed by atoms with Gasteiger partial charge in [0.25, 0.3) is 0 Å². The molecule has 1 aromatic heterocycles. The second-order valence-electron chi connectivity index (χ2n) is 6.04. The van der Waals surface area contributed by atoms with Gasteiger partial charge in [-0.3, -0.25) is 0 Å². The van der Waals surface area contributed by atoms with E-state index in [0.717, 1.165) is 11.1 Å². The first-order valence-electron chi connectivity index (χ1n) is 8.66. The van der Waals surface area contributed by atoms with Gasteiger partial charge in [-0.1, -0.05) is 78.9 Å². The molecular weight excluding hydrogens is 356 g/mol. The zero-order chi connectivity index (χ0) is 19.3. The van der Waals surface area contributed by atoms with E-state index >= 15 is 0 Å². The minimum absolute atomic E-state index is 0.0515. The Morgan fingerprint density at radius 3 is 1.82 bits per heavy atom. The average Bonchev–Trinajstić information content (AvgIpc) is 3.14. The van der Waals surface area contributed by atoms with Crippen LogP contribution in [-0.2, 0) is 0 Å². The Kier molecular flexibility index (Phi) is 4.79. The van der Waals surface area contributed by atoms with Crippen molar-refractivity contribution >= 4 is 5.95 Å². The molecule has 138 valence electrons. The molecule has 0 saturated heterocycles. The van der Waals surface area contributed by atoms with Gasteiger partial charge in [0.05, 0.1) is 0 Å². The molecule has 0 aliphatic carbocycles. The number of nitrogens with zero attached hydrogens (tertiary/aromatic N) is 4. The van der Waals surface area contributed by atoms with E-state index in [4.69, 9.17) is 4.74 Å². The third-order valence-electron chi connectivity index (χ3n) is 4.18. The standard InChI is InChI=1S/C21H16N4O3/c26-25(27)20-22-21(28-18-14-8-3-9-15-18)24(23-20)19(16-10-4-1-5-11-16)17-12-6-2-7-13-17/h1-15,19H. The maximum atomic E-state index is 11.3. The van der Waals surface area contributed by atoms with Crippen LogP contribution in [0.3, 0.4) is 0 Å². The van der Waals surface area contributed by atoms with Crippen LogP contribution in [0, 0.1) is 10.1 Å². The quantitative estimate of drug-likeness (QED) is 0.364. The number of ether oxygens (including phenoxy) is 1. The normalized spacial score (nSPS) is 10.8. The fourth-order valence-corrected chi connectivity index (χ4v) is 2.95. The van der Waals surface area contributed by atoms with Gasteiger partial charge in [0, 0.05) is 5.10 Å². The van der Waals surface area contributed by atoms with Crippen molar-refractivity contribution in [3.8, 4) is 11.8 Å². The summed E-state index contributed by atoms with van der Waals surface area (Å²) in [5, 5.41) is 15.5. The number of benzene rings is 3. The van der Waals surface area contributed by atoms with Crippen LogP contribution < -0.4 is 4.74 Å². The fraction of sp³-hybridized carbons (Fsp3) is 0.0476. The summed E-state index contributed by atoms with van der Waals surface area (Å²) >= 11 is 0. The second-order valence-corrected chi connectivity index (χ2v) is 6.04. The lowest BCUT2D eigenvalue weighted by atomic mass is 9.99. The molecule has 3 aromatic carbocycles. The summed E-state index contributed by atoms with van der Waals surface area (Å²) in [5.41, 5.74) is 1.82. The van der Waals surface area contributed by atoms with E-state index in [9.17, 15) is 10.1 Å². The Morgan fingerprint density at radius 2 is 1.32 bits per heavy atom. The molecule has 0 unspecified atom stereocenters. The van der Waals surface area contributed by atoms with Gasteiger partial charge < -0.3 is 14.9 Å². The zero-order valence-electron chi connectivity index (χ0n) is 14.8. The first-order valence-corrected chi connectivity index (χ1v) is 8.66. The molecule has 0 atom stereocenters. The molecule has 28 heavy (non-hydrogen) atoms. The maximum Gasteiger partial charge on any atom is 0.494 e. The molecule has 0 spiro atoms. The first kappa shape index (κ1) is 17.4. The smallest absolute Gasteiger partial charge is 0.411 e. The van der Waals surface area contributed by atoms with E-state index in [2.05, 4.69) is 10.1 Å². The maximum absolute atomic E-state index is 11.3. The first-order chi connectivity index (χ1) is 13.7. The molecule has 0 amide bonds. The topological polar surface area (TPSA) is 83.1 Å². The molecule has 4 rings (SSSR count). The molecule has 0 aliphatic rings. The van der Waals surface area contributed by atoms with Crippen LogP contribution in [0.2, 0.25) is 0 Å². The molecule has 0 N–H and O–H groups in total. The van der Waals surface area contributed by atoms with E-state index in [0.29, 0.717) is 5.75 Å². The van der Waals surface area contributed by atoms with Crippen LogP contribution >= 0.6 is 0 Å². The van der Waals surface area contributed by atoms with Crippen molar-refractivity contribution < 1.29 is 9.66 Å². The van der Waals surface area contributed by atoms with Crippen molar-refractivity contribution in [1.82, 2.24) is 14.8 Å². The van der Waals surface area contributed by atoms with Crippen LogP contribution in [-0.4, -0.2) is 19.7 Å². The number of aromatic nitrogens is 3. The van der Waals surface area contributed by atoms with Crippen molar-refractivity contribution in [3.63, 3.8) is 0 Å². The van der Waals surface area contributed by atoms with Crippen LogP contribution in [0.1, 0.15) is 17.2 Å². The highest BCUT2D eigenvalue weighted by atomic mass is 16.6. The summed E-state index contributed by atoms with van der Waals surface area (Å²) in [6.45, 7) is 0.